The van der Waals surface area contributed by atoms with Gasteiger partial charge in [-0.1, -0.05) is 39.0 Å². The van der Waals surface area contributed by atoms with Gasteiger partial charge in [0.2, 0.25) is 0 Å². The van der Waals surface area contributed by atoms with Gasteiger partial charge in [0.05, 0.1) is 0 Å². The Labute approximate surface area is 76.7 Å². The number of rotatable bonds is 3. The van der Waals surface area contributed by atoms with Gasteiger partial charge in [-0.15, -0.1) is 0 Å². The summed E-state index contributed by atoms with van der Waals surface area (Å²) in [6.07, 6.45) is 11.0. The second-order valence-corrected chi connectivity index (χ2v) is 4.20. The summed E-state index contributed by atoms with van der Waals surface area (Å²) in [6.45, 7) is 2.23. The summed E-state index contributed by atoms with van der Waals surface area (Å²) in [6, 6.07) is 0.494. The Balaban J connectivity index is 2.27. The lowest BCUT2D eigenvalue weighted by atomic mass is 9.90. The zero-order valence-corrected chi connectivity index (χ0v) is 8.39. The molecule has 1 aliphatic rings. The van der Waals surface area contributed by atoms with Crippen LogP contribution in [0.25, 0.3) is 0 Å². The van der Waals surface area contributed by atoms with Crippen LogP contribution in [0, 0.1) is 5.92 Å². The van der Waals surface area contributed by atoms with Gasteiger partial charge < -0.3 is 5.73 Å². The van der Waals surface area contributed by atoms with E-state index in [1.54, 1.807) is 0 Å². The maximum absolute atomic E-state index is 6.13. The predicted octanol–water partition coefficient (Wildman–Crippen LogP) is 3.08. The fourth-order valence-electron chi connectivity index (χ4n) is 2.31. The average molecular weight is 169 g/mol. The minimum Gasteiger partial charge on any atom is -0.327 e. The molecule has 0 aromatic carbocycles. The summed E-state index contributed by atoms with van der Waals surface area (Å²) in [5.74, 6) is 0.840. The highest BCUT2D eigenvalue weighted by molar-refractivity contribution is 4.74. The van der Waals surface area contributed by atoms with E-state index < -0.39 is 0 Å². The van der Waals surface area contributed by atoms with Crippen LogP contribution >= 0.6 is 0 Å². The number of nitrogens with two attached hydrogens (primary N) is 1. The minimum absolute atomic E-state index is 0.494. The van der Waals surface area contributed by atoms with E-state index in [-0.39, 0.29) is 0 Å². The Kier molecular flexibility index (Phi) is 4.67. The number of hydrogen-bond acceptors (Lipinski definition) is 1. The van der Waals surface area contributed by atoms with Crippen LogP contribution in [0.1, 0.15) is 58.3 Å². The molecule has 0 aromatic rings. The van der Waals surface area contributed by atoms with Crippen molar-refractivity contribution < 1.29 is 0 Å². The second-order valence-electron chi connectivity index (χ2n) is 4.20. The Morgan fingerprint density at radius 3 is 2.25 bits per heavy atom. The van der Waals surface area contributed by atoms with E-state index in [2.05, 4.69) is 6.92 Å². The first-order valence-corrected chi connectivity index (χ1v) is 5.60. The highest BCUT2D eigenvalue weighted by Crippen LogP contribution is 2.26. The molecule has 0 aromatic heterocycles. The van der Waals surface area contributed by atoms with Crippen molar-refractivity contribution in [1.29, 1.82) is 0 Å². The Hall–Kier alpha value is -0.0400. The maximum atomic E-state index is 6.13. The number of hydrogen-bond donors (Lipinski definition) is 1. The third-order valence-corrected chi connectivity index (χ3v) is 3.13. The largest absolute Gasteiger partial charge is 0.327 e. The van der Waals surface area contributed by atoms with E-state index in [4.69, 9.17) is 5.73 Å². The maximum Gasteiger partial charge on any atom is 0.00670 e. The van der Waals surface area contributed by atoms with Crippen molar-refractivity contribution in [2.45, 2.75) is 64.3 Å². The van der Waals surface area contributed by atoms with Crippen molar-refractivity contribution in [3.8, 4) is 0 Å². The van der Waals surface area contributed by atoms with E-state index in [9.17, 15) is 0 Å². The van der Waals surface area contributed by atoms with E-state index in [1.807, 2.05) is 0 Å². The molecule has 1 atom stereocenters. The van der Waals surface area contributed by atoms with Crippen LogP contribution in [-0.4, -0.2) is 6.04 Å². The molecule has 72 valence electrons. The molecule has 0 radical (unpaired) electrons. The molecule has 0 heterocycles. The molecule has 0 amide bonds. The van der Waals surface area contributed by atoms with Gasteiger partial charge >= 0.3 is 0 Å². The summed E-state index contributed by atoms with van der Waals surface area (Å²) in [5, 5.41) is 0. The molecule has 1 saturated carbocycles. The van der Waals surface area contributed by atoms with Crippen molar-refractivity contribution in [2.75, 3.05) is 0 Å². The molecular formula is C11H23N. The molecule has 0 bridgehead atoms. The van der Waals surface area contributed by atoms with Crippen LogP contribution in [0.5, 0.6) is 0 Å². The van der Waals surface area contributed by atoms with Gasteiger partial charge in [0.1, 0.15) is 0 Å². The lowest BCUT2D eigenvalue weighted by Gasteiger charge is -2.21. The molecule has 2 N–H and O–H groups in total. The predicted molar refractivity (Wildman–Crippen MR) is 54.1 cm³/mol. The van der Waals surface area contributed by atoms with Gasteiger partial charge in [-0.2, -0.15) is 0 Å². The van der Waals surface area contributed by atoms with Gasteiger partial charge in [0.25, 0.3) is 0 Å². The lowest BCUT2D eigenvalue weighted by Crippen LogP contribution is -2.29. The highest BCUT2D eigenvalue weighted by atomic mass is 14.6. The fourth-order valence-corrected chi connectivity index (χ4v) is 2.31. The molecule has 0 saturated heterocycles. The monoisotopic (exact) mass is 169 g/mol. The standard InChI is InChI=1S/C11H23N/c1-2-7-11(12)10-8-5-3-4-6-9-10/h10-11H,2-9,12H2,1H3/t11-/m0/s1. The summed E-state index contributed by atoms with van der Waals surface area (Å²) in [7, 11) is 0. The van der Waals surface area contributed by atoms with Gasteiger partial charge in [-0.05, 0) is 25.2 Å². The van der Waals surface area contributed by atoms with Crippen molar-refractivity contribution in [2.24, 2.45) is 11.7 Å². The first-order valence-electron chi connectivity index (χ1n) is 5.60. The van der Waals surface area contributed by atoms with Gasteiger partial charge in [-0.25, -0.2) is 0 Å². The molecule has 0 unspecified atom stereocenters. The van der Waals surface area contributed by atoms with E-state index in [1.165, 1.54) is 51.4 Å². The molecule has 0 aliphatic heterocycles. The van der Waals surface area contributed by atoms with E-state index in [0.29, 0.717) is 6.04 Å². The third-order valence-electron chi connectivity index (χ3n) is 3.13. The Morgan fingerprint density at radius 1 is 1.17 bits per heavy atom. The Bertz CT molecular complexity index is 104. The summed E-state index contributed by atoms with van der Waals surface area (Å²) < 4.78 is 0. The summed E-state index contributed by atoms with van der Waals surface area (Å²) in [5.41, 5.74) is 6.13. The van der Waals surface area contributed by atoms with Crippen LogP contribution in [0.15, 0.2) is 0 Å². The van der Waals surface area contributed by atoms with Gasteiger partial charge in [0, 0.05) is 6.04 Å². The van der Waals surface area contributed by atoms with Crippen molar-refractivity contribution in [3.63, 3.8) is 0 Å². The van der Waals surface area contributed by atoms with Crippen LogP contribution in [0.3, 0.4) is 0 Å². The van der Waals surface area contributed by atoms with Crippen molar-refractivity contribution in [3.05, 3.63) is 0 Å². The summed E-state index contributed by atoms with van der Waals surface area (Å²) >= 11 is 0. The third kappa shape index (κ3) is 3.14. The smallest absolute Gasteiger partial charge is 0.00670 e. The molecule has 0 spiro atoms. The first-order chi connectivity index (χ1) is 5.84. The quantitative estimate of drug-likeness (QED) is 0.645. The molecule has 12 heavy (non-hydrogen) atoms. The van der Waals surface area contributed by atoms with Crippen LogP contribution in [0.4, 0.5) is 0 Å². The zero-order chi connectivity index (χ0) is 8.81. The fraction of sp³-hybridized carbons (Fsp3) is 1.00. The van der Waals surface area contributed by atoms with E-state index in [0.717, 1.165) is 5.92 Å². The topological polar surface area (TPSA) is 26.0 Å². The molecule has 1 aliphatic carbocycles. The van der Waals surface area contributed by atoms with Crippen LogP contribution < -0.4 is 5.73 Å². The highest BCUT2D eigenvalue weighted by Gasteiger charge is 2.18. The molecular weight excluding hydrogens is 146 g/mol. The molecule has 1 rings (SSSR count). The average Bonchev–Trinajstić information content (AvgIpc) is 2.32. The van der Waals surface area contributed by atoms with E-state index >= 15 is 0 Å². The minimum atomic E-state index is 0.494. The molecule has 1 nitrogen and oxygen atoms in total. The van der Waals surface area contributed by atoms with Crippen LogP contribution in [-0.2, 0) is 0 Å². The van der Waals surface area contributed by atoms with Gasteiger partial charge in [-0.3, -0.25) is 0 Å². The van der Waals surface area contributed by atoms with Crippen molar-refractivity contribution >= 4 is 0 Å². The lowest BCUT2D eigenvalue weighted by molar-refractivity contribution is 0.357. The van der Waals surface area contributed by atoms with Crippen molar-refractivity contribution in [1.82, 2.24) is 0 Å². The normalized spacial score (nSPS) is 23.5. The van der Waals surface area contributed by atoms with Gasteiger partial charge in [0.15, 0.2) is 0 Å². The first kappa shape index (κ1) is 10.0. The SMILES string of the molecule is CCC[C@H](N)C1CCCCCC1. The Morgan fingerprint density at radius 2 is 1.75 bits per heavy atom. The van der Waals surface area contributed by atoms with Crippen LogP contribution in [0.2, 0.25) is 0 Å². The zero-order valence-electron chi connectivity index (χ0n) is 8.39. The molecule has 1 fully saturated rings. The summed E-state index contributed by atoms with van der Waals surface area (Å²) in [4.78, 5) is 0. The molecule has 1 heteroatoms. The second kappa shape index (κ2) is 5.58.